The van der Waals surface area contributed by atoms with Crippen molar-refractivity contribution in [1.29, 1.82) is 0 Å². The Balaban J connectivity index is 1.80. The maximum absolute atomic E-state index is 6.51. The van der Waals surface area contributed by atoms with Gasteiger partial charge >= 0.3 is 0 Å². The van der Waals surface area contributed by atoms with E-state index in [-0.39, 0.29) is 5.60 Å². The summed E-state index contributed by atoms with van der Waals surface area (Å²) >= 11 is 0. The zero-order valence-corrected chi connectivity index (χ0v) is 10.0. The summed E-state index contributed by atoms with van der Waals surface area (Å²) in [6.45, 7) is 5.84. The first-order valence-electron chi connectivity index (χ1n) is 6.53. The highest BCUT2D eigenvalue weighted by Crippen LogP contribution is 2.46. The lowest BCUT2D eigenvalue weighted by Gasteiger charge is -2.45. The molecule has 0 aromatic carbocycles. The van der Waals surface area contributed by atoms with Gasteiger partial charge in [0.15, 0.2) is 0 Å². The second-order valence-electron chi connectivity index (χ2n) is 6.44. The fourth-order valence-electron chi connectivity index (χ4n) is 3.76. The first kappa shape index (κ1) is 10.1. The molecule has 15 heavy (non-hydrogen) atoms. The molecular formula is C13H23NO. The molecule has 1 N–H and O–H groups in total. The monoisotopic (exact) mass is 209 g/mol. The summed E-state index contributed by atoms with van der Waals surface area (Å²) in [6, 6.07) is 0.631. The van der Waals surface area contributed by atoms with Crippen LogP contribution < -0.4 is 5.32 Å². The zero-order chi connectivity index (χ0) is 10.5. The van der Waals surface area contributed by atoms with Gasteiger partial charge in [-0.25, -0.2) is 0 Å². The fraction of sp³-hybridized carbons (Fsp3) is 1.00. The highest BCUT2D eigenvalue weighted by Gasteiger charge is 2.51. The Morgan fingerprint density at radius 1 is 1.13 bits per heavy atom. The molecular weight excluding hydrogens is 186 g/mol. The molecule has 2 atom stereocenters. The smallest absolute Gasteiger partial charge is 0.0811 e. The highest BCUT2D eigenvalue weighted by molar-refractivity contribution is 5.04. The van der Waals surface area contributed by atoms with Crippen molar-refractivity contribution in [2.75, 3.05) is 6.54 Å². The van der Waals surface area contributed by atoms with Crippen molar-refractivity contribution in [1.82, 2.24) is 5.32 Å². The molecule has 2 heteroatoms. The molecule has 2 nitrogen and oxygen atoms in total. The number of ether oxygens (including phenoxy) is 1. The molecule has 0 aromatic heterocycles. The van der Waals surface area contributed by atoms with E-state index in [1.165, 1.54) is 38.5 Å². The first-order chi connectivity index (χ1) is 7.11. The predicted molar refractivity (Wildman–Crippen MR) is 60.9 cm³/mol. The number of rotatable bonds is 0. The maximum Gasteiger partial charge on any atom is 0.0811 e. The van der Waals surface area contributed by atoms with Gasteiger partial charge in [-0.1, -0.05) is 26.7 Å². The van der Waals surface area contributed by atoms with Crippen LogP contribution in [0.3, 0.4) is 0 Å². The van der Waals surface area contributed by atoms with Gasteiger partial charge in [-0.05, 0) is 31.1 Å². The van der Waals surface area contributed by atoms with E-state index in [1.54, 1.807) is 0 Å². The third kappa shape index (κ3) is 1.53. The summed E-state index contributed by atoms with van der Waals surface area (Å²) < 4.78 is 6.51. The Morgan fingerprint density at radius 3 is 2.60 bits per heavy atom. The van der Waals surface area contributed by atoms with Crippen molar-refractivity contribution < 1.29 is 4.74 Å². The maximum atomic E-state index is 6.51. The van der Waals surface area contributed by atoms with E-state index in [1.807, 2.05) is 0 Å². The van der Waals surface area contributed by atoms with Gasteiger partial charge in [-0.3, -0.25) is 0 Å². The summed E-state index contributed by atoms with van der Waals surface area (Å²) in [5.41, 5.74) is 0.594. The van der Waals surface area contributed by atoms with E-state index in [2.05, 4.69) is 19.2 Å². The van der Waals surface area contributed by atoms with E-state index in [0.29, 0.717) is 17.6 Å². The molecule has 3 fully saturated rings. The summed E-state index contributed by atoms with van der Waals surface area (Å²) in [4.78, 5) is 0. The number of morpholine rings is 1. The lowest BCUT2D eigenvalue weighted by atomic mass is 9.86. The van der Waals surface area contributed by atoms with Gasteiger partial charge in [-0.2, -0.15) is 0 Å². The van der Waals surface area contributed by atoms with Gasteiger partial charge in [0.1, 0.15) is 0 Å². The van der Waals surface area contributed by atoms with Gasteiger partial charge in [0, 0.05) is 12.6 Å². The van der Waals surface area contributed by atoms with Crippen LogP contribution in [0.5, 0.6) is 0 Å². The Bertz CT molecular complexity index is 255. The normalized spacial score (nSPS) is 42.0. The Kier molecular flexibility index (Phi) is 2.16. The molecule has 0 aromatic rings. The summed E-state index contributed by atoms with van der Waals surface area (Å²) in [5.74, 6) is 0. The molecule has 3 aliphatic rings. The van der Waals surface area contributed by atoms with Crippen molar-refractivity contribution in [3.05, 3.63) is 0 Å². The molecule has 2 unspecified atom stereocenters. The third-order valence-corrected chi connectivity index (χ3v) is 4.81. The van der Waals surface area contributed by atoms with Crippen LogP contribution in [0.2, 0.25) is 0 Å². The van der Waals surface area contributed by atoms with Crippen LogP contribution >= 0.6 is 0 Å². The van der Waals surface area contributed by atoms with E-state index in [9.17, 15) is 0 Å². The molecule has 1 heterocycles. The van der Waals surface area contributed by atoms with Crippen LogP contribution in [0.25, 0.3) is 0 Å². The Labute approximate surface area is 92.8 Å². The molecule has 2 aliphatic carbocycles. The SMILES string of the molecule is CC1(C)CCC2NCC3(CCCC3)OC21. The van der Waals surface area contributed by atoms with Crippen LogP contribution in [0.15, 0.2) is 0 Å². The van der Waals surface area contributed by atoms with Crippen molar-refractivity contribution >= 4 is 0 Å². The number of fused-ring (bicyclic) bond motifs is 1. The second kappa shape index (κ2) is 3.21. The topological polar surface area (TPSA) is 21.3 Å². The Morgan fingerprint density at radius 2 is 1.87 bits per heavy atom. The molecule has 3 rings (SSSR count). The van der Waals surface area contributed by atoms with Crippen LogP contribution in [-0.4, -0.2) is 24.3 Å². The molecule has 0 bridgehead atoms. The van der Waals surface area contributed by atoms with Gasteiger partial charge in [0.05, 0.1) is 11.7 Å². The van der Waals surface area contributed by atoms with Crippen molar-refractivity contribution in [2.45, 2.75) is 70.1 Å². The number of hydrogen-bond donors (Lipinski definition) is 1. The largest absolute Gasteiger partial charge is 0.368 e. The first-order valence-corrected chi connectivity index (χ1v) is 6.53. The van der Waals surface area contributed by atoms with Crippen LogP contribution in [-0.2, 0) is 4.74 Å². The van der Waals surface area contributed by atoms with Crippen LogP contribution in [0.4, 0.5) is 0 Å². The number of nitrogens with one attached hydrogen (secondary N) is 1. The third-order valence-electron chi connectivity index (χ3n) is 4.81. The van der Waals surface area contributed by atoms with Gasteiger partial charge in [0.25, 0.3) is 0 Å². The molecule has 0 amide bonds. The van der Waals surface area contributed by atoms with E-state index >= 15 is 0 Å². The molecule has 1 aliphatic heterocycles. The van der Waals surface area contributed by atoms with Crippen LogP contribution in [0.1, 0.15) is 52.4 Å². The summed E-state index contributed by atoms with van der Waals surface area (Å²) in [6.07, 6.45) is 8.35. The molecule has 2 saturated carbocycles. The molecule has 1 saturated heterocycles. The Hall–Kier alpha value is -0.0800. The van der Waals surface area contributed by atoms with Gasteiger partial charge < -0.3 is 10.1 Å². The lowest BCUT2D eigenvalue weighted by molar-refractivity contribution is -0.153. The molecule has 86 valence electrons. The minimum absolute atomic E-state index is 0.211. The summed E-state index contributed by atoms with van der Waals surface area (Å²) in [5, 5.41) is 3.74. The summed E-state index contributed by atoms with van der Waals surface area (Å²) in [7, 11) is 0. The average Bonchev–Trinajstić information content (AvgIpc) is 2.75. The number of hydrogen-bond acceptors (Lipinski definition) is 2. The van der Waals surface area contributed by atoms with E-state index in [4.69, 9.17) is 4.74 Å². The second-order valence-corrected chi connectivity index (χ2v) is 6.44. The quantitative estimate of drug-likeness (QED) is 0.662. The van der Waals surface area contributed by atoms with E-state index < -0.39 is 0 Å². The van der Waals surface area contributed by atoms with Crippen molar-refractivity contribution in [3.63, 3.8) is 0 Å². The lowest BCUT2D eigenvalue weighted by Crippen LogP contribution is -2.58. The average molecular weight is 209 g/mol. The minimum Gasteiger partial charge on any atom is -0.368 e. The van der Waals surface area contributed by atoms with E-state index in [0.717, 1.165) is 6.54 Å². The van der Waals surface area contributed by atoms with Gasteiger partial charge in [0.2, 0.25) is 0 Å². The standard InChI is InChI=1S/C13H23NO/c1-12(2)8-5-10-11(12)15-13(9-14-10)6-3-4-7-13/h10-11,14H,3-9H2,1-2H3. The fourth-order valence-corrected chi connectivity index (χ4v) is 3.76. The zero-order valence-electron chi connectivity index (χ0n) is 10.0. The van der Waals surface area contributed by atoms with Crippen molar-refractivity contribution in [2.24, 2.45) is 5.41 Å². The highest BCUT2D eigenvalue weighted by atomic mass is 16.5. The molecule has 0 radical (unpaired) electrons. The molecule has 1 spiro atoms. The van der Waals surface area contributed by atoms with Gasteiger partial charge in [-0.15, -0.1) is 0 Å². The minimum atomic E-state index is 0.211. The van der Waals surface area contributed by atoms with Crippen LogP contribution in [0, 0.1) is 5.41 Å². The predicted octanol–water partition coefficient (Wildman–Crippen LogP) is 2.48. The van der Waals surface area contributed by atoms with Crippen molar-refractivity contribution in [3.8, 4) is 0 Å².